The molecule has 7 nitrogen and oxygen atoms in total. The molecule has 1 aromatic rings. The summed E-state index contributed by atoms with van der Waals surface area (Å²) >= 11 is 1.46. The average molecular weight is 359 g/mol. The molecule has 1 amide bonds. The van der Waals surface area contributed by atoms with E-state index >= 15 is 0 Å². The van der Waals surface area contributed by atoms with Gasteiger partial charge in [0.1, 0.15) is 5.69 Å². The van der Waals surface area contributed by atoms with Crippen LogP contribution in [0.5, 0.6) is 0 Å². The number of carbonyl (C=O) groups excluding carboxylic acids is 1. The molecule has 9 heteroatoms. The molecule has 128 valence electrons. The number of hydrogen-bond acceptors (Lipinski definition) is 6. The first-order valence-electron chi connectivity index (χ1n) is 7.59. The molecule has 23 heavy (non-hydrogen) atoms. The Kier molecular flexibility index (Phi) is 4.47. The van der Waals surface area contributed by atoms with Crippen LogP contribution in [0.25, 0.3) is 0 Å². The molecular weight excluding hydrogens is 338 g/mol. The van der Waals surface area contributed by atoms with Crippen LogP contribution in [0.4, 0.5) is 0 Å². The van der Waals surface area contributed by atoms with E-state index in [1.807, 2.05) is 6.92 Å². The molecule has 3 rings (SSSR count). The number of likely N-dealkylation sites (tertiary alicyclic amines) is 1. The lowest BCUT2D eigenvalue weighted by atomic mass is 9.90. The fourth-order valence-electron chi connectivity index (χ4n) is 3.36. The van der Waals surface area contributed by atoms with Gasteiger partial charge in [0.05, 0.1) is 23.4 Å². The Labute approximate surface area is 140 Å². The Morgan fingerprint density at radius 2 is 2.35 bits per heavy atom. The second-order valence-corrected chi connectivity index (χ2v) is 9.18. The molecule has 2 atom stereocenters. The van der Waals surface area contributed by atoms with Crippen LogP contribution in [-0.4, -0.2) is 61.8 Å². The fourth-order valence-corrected chi connectivity index (χ4v) is 4.75. The van der Waals surface area contributed by atoms with Gasteiger partial charge in [0, 0.05) is 24.6 Å². The Bertz CT molecular complexity index is 703. The quantitative estimate of drug-likeness (QED) is 0.861. The van der Waals surface area contributed by atoms with Gasteiger partial charge in [-0.2, -0.15) is 0 Å². The van der Waals surface area contributed by atoms with Gasteiger partial charge in [-0.05, 0) is 26.2 Å². The minimum atomic E-state index is -3.23. The second-order valence-electron chi connectivity index (χ2n) is 6.34. The molecule has 0 bridgehead atoms. The van der Waals surface area contributed by atoms with Gasteiger partial charge in [-0.3, -0.25) is 4.79 Å². The lowest BCUT2D eigenvalue weighted by Crippen LogP contribution is -2.50. The zero-order chi connectivity index (χ0) is 16.7. The summed E-state index contributed by atoms with van der Waals surface area (Å²) in [6.45, 7) is 3.48. The number of ether oxygens (including phenoxy) is 1. The highest BCUT2D eigenvalue weighted by Gasteiger charge is 2.45. The molecule has 0 unspecified atom stereocenters. The normalized spacial score (nSPS) is 28.4. The van der Waals surface area contributed by atoms with Gasteiger partial charge < -0.3 is 9.64 Å². The van der Waals surface area contributed by atoms with Gasteiger partial charge in [0.25, 0.3) is 5.91 Å². The van der Waals surface area contributed by atoms with E-state index < -0.39 is 15.6 Å². The van der Waals surface area contributed by atoms with Crippen molar-refractivity contribution in [2.45, 2.75) is 37.8 Å². The molecule has 2 saturated heterocycles. The van der Waals surface area contributed by atoms with Crippen molar-refractivity contribution >= 4 is 27.3 Å². The van der Waals surface area contributed by atoms with Crippen molar-refractivity contribution in [3.05, 3.63) is 16.1 Å². The number of thiazole rings is 1. The van der Waals surface area contributed by atoms with Crippen molar-refractivity contribution in [2.24, 2.45) is 0 Å². The smallest absolute Gasteiger partial charge is 0.273 e. The lowest BCUT2D eigenvalue weighted by Gasteiger charge is -2.38. The molecule has 2 aliphatic heterocycles. The standard InChI is InChI=1S/C14H21N3O4S2/c1-10-15-12(8-22-10)13(18)17-5-4-14(9-17)7-11(3-6-21-14)16-23(2,19)20/h8,11,16H,3-7,9H2,1-2H3/t11-,14+/m1/s1. The maximum Gasteiger partial charge on any atom is 0.273 e. The van der Waals surface area contributed by atoms with E-state index in [0.717, 1.165) is 11.4 Å². The summed E-state index contributed by atoms with van der Waals surface area (Å²) in [6.07, 6.45) is 3.15. The molecule has 0 radical (unpaired) electrons. The largest absolute Gasteiger partial charge is 0.373 e. The molecule has 0 aromatic carbocycles. The highest BCUT2D eigenvalue weighted by molar-refractivity contribution is 7.88. The SMILES string of the molecule is Cc1nc(C(=O)N2CC[C@]3(C[C@H](NS(C)(=O)=O)CCO3)C2)cs1. The first-order chi connectivity index (χ1) is 10.8. The minimum absolute atomic E-state index is 0.0759. The van der Waals surface area contributed by atoms with Crippen LogP contribution >= 0.6 is 11.3 Å². The molecule has 1 N–H and O–H groups in total. The van der Waals surface area contributed by atoms with Crippen molar-refractivity contribution in [1.82, 2.24) is 14.6 Å². The Balaban J connectivity index is 1.67. The molecule has 2 fully saturated rings. The molecule has 1 aromatic heterocycles. The Morgan fingerprint density at radius 3 is 3.00 bits per heavy atom. The van der Waals surface area contributed by atoms with Crippen LogP contribution in [0.2, 0.25) is 0 Å². The zero-order valence-corrected chi connectivity index (χ0v) is 14.9. The van der Waals surface area contributed by atoms with E-state index in [-0.39, 0.29) is 11.9 Å². The number of nitrogens with zero attached hydrogens (tertiary/aromatic N) is 2. The number of nitrogens with one attached hydrogen (secondary N) is 1. The molecule has 1 spiro atoms. The van der Waals surface area contributed by atoms with Gasteiger partial charge in [0.2, 0.25) is 10.0 Å². The van der Waals surface area contributed by atoms with Crippen LogP contribution in [0.1, 0.15) is 34.8 Å². The van der Waals surface area contributed by atoms with Crippen LogP contribution in [0.15, 0.2) is 5.38 Å². The summed E-state index contributed by atoms with van der Waals surface area (Å²) in [5.41, 5.74) is 0.0348. The van der Waals surface area contributed by atoms with E-state index in [9.17, 15) is 13.2 Å². The van der Waals surface area contributed by atoms with Crippen molar-refractivity contribution in [3.63, 3.8) is 0 Å². The van der Waals surface area contributed by atoms with Crippen LogP contribution in [0, 0.1) is 6.92 Å². The zero-order valence-electron chi connectivity index (χ0n) is 13.2. The van der Waals surface area contributed by atoms with Crippen LogP contribution in [0.3, 0.4) is 0 Å². The lowest BCUT2D eigenvalue weighted by molar-refractivity contribution is -0.0763. The molecule has 2 aliphatic rings. The maximum absolute atomic E-state index is 12.5. The second kappa shape index (κ2) is 6.12. The summed E-state index contributed by atoms with van der Waals surface area (Å²) in [4.78, 5) is 18.5. The van der Waals surface area contributed by atoms with Gasteiger partial charge in [0.15, 0.2) is 0 Å². The Morgan fingerprint density at radius 1 is 1.57 bits per heavy atom. The van der Waals surface area contributed by atoms with E-state index in [4.69, 9.17) is 4.74 Å². The topological polar surface area (TPSA) is 88.6 Å². The third kappa shape index (κ3) is 3.90. The van der Waals surface area contributed by atoms with Crippen molar-refractivity contribution in [1.29, 1.82) is 0 Å². The van der Waals surface area contributed by atoms with E-state index in [0.29, 0.717) is 38.2 Å². The van der Waals surface area contributed by atoms with E-state index in [1.165, 1.54) is 17.6 Å². The Hall–Kier alpha value is -1.03. The molecular formula is C14H21N3O4S2. The predicted molar refractivity (Wildman–Crippen MR) is 87.1 cm³/mol. The van der Waals surface area contributed by atoms with Gasteiger partial charge in [-0.15, -0.1) is 11.3 Å². The van der Waals surface area contributed by atoms with Crippen molar-refractivity contribution in [3.8, 4) is 0 Å². The highest BCUT2D eigenvalue weighted by atomic mass is 32.2. The van der Waals surface area contributed by atoms with Crippen molar-refractivity contribution in [2.75, 3.05) is 26.0 Å². The number of rotatable bonds is 3. The van der Waals surface area contributed by atoms with Crippen LogP contribution < -0.4 is 4.72 Å². The predicted octanol–water partition coefficient (Wildman–Crippen LogP) is 0.764. The van der Waals surface area contributed by atoms with Gasteiger partial charge >= 0.3 is 0 Å². The summed E-state index contributed by atoms with van der Waals surface area (Å²) in [6, 6.07) is -0.129. The van der Waals surface area contributed by atoms with Crippen molar-refractivity contribution < 1.29 is 17.9 Å². The number of carbonyl (C=O) groups is 1. The third-order valence-electron chi connectivity index (χ3n) is 4.32. The number of amides is 1. The maximum atomic E-state index is 12.5. The number of sulfonamides is 1. The third-order valence-corrected chi connectivity index (χ3v) is 5.85. The molecule has 3 heterocycles. The average Bonchev–Trinajstić information content (AvgIpc) is 3.04. The first-order valence-corrected chi connectivity index (χ1v) is 10.4. The summed E-state index contributed by atoms with van der Waals surface area (Å²) in [5, 5.41) is 2.65. The van der Waals surface area contributed by atoms with Gasteiger partial charge in [-0.25, -0.2) is 18.1 Å². The molecule has 0 saturated carbocycles. The summed E-state index contributed by atoms with van der Waals surface area (Å²) < 4.78 is 31.5. The monoisotopic (exact) mass is 359 g/mol. The number of aryl methyl sites for hydroxylation is 1. The number of aromatic nitrogens is 1. The molecule has 0 aliphatic carbocycles. The number of hydrogen-bond donors (Lipinski definition) is 1. The summed E-state index contributed by atoms with van der Waals surface area (Å²) in [7, 11) is -3.23. The highest BCUT2D eigenvalue weighted by Crippen LogP contribution is 2.35. The van der Waals surface area contributed by atoms with E-state index in [1.54, 1.807) is 10.3 Å². The minimum Gasteiger partial charge on any atom is -0.373 e. The van der Waals surface area contributed by atoms with E-state index in [2.05, 4.69) is 9.71 Å². The fraction of sp³-hybridized carbons (Fsp3) is 0.714. The van der Waals surface area contributed by atoms with Gasteiger partial charge in [-0.1, -0.05) is 0 Å². The van der Waals surface area contributed by atoms with Crippen LogP contribution in [-0.2, 0) is 14.8 Å². The summed E-state index contributed by atoms with van der Waals surface area (Å²) in [5.74, 6) is -0.0759. The first kappa shape index (κ1) is 16.8.